The summed E-state index contributed by atoms with van der Waals surface area (Å²) in [6.45, 7) is 0. The standard InChI is InChI=1S/C15H12N2O3S/c16-21(18,19)12-8-6-11(7-9-12)20-15-5-1-4-14-13(15)3-2-10-17-14/h1-10H,(H2,16,18,19). The number of rotatable bonds is 3. The molecule has 0 atom stereocenters. The van der Waals surface area contributed by atoms with Crippen LogP contribution in [0.15, 0.2) is 65.7 Å². The monoisotopic (exact) mass is 300 g/mol. The van der Waals surface area contributed by atoms with Gasteiger partial charge in [-0.05, 0) is 48.5 Å². The second kappa shape index (κ2) is 5.16. The van der Waals surface area contributed by atoms with Crippen molar-refractivity contribution in [2.24, 2.45) is 5.14 Å². The van der Waals surface area contributed by atoms with Gasteiger partial charge in [0.05, 0.1) is 10.4 Å². The van der Waals surface area contributed by atoms with Crippen molar-refractivity contribution in [1.29, 1.82) is 0 Å². The summed E-state index contributed by atoms with van der Waals surface area (Å²) in [4.78, 5) is 4.30. The molecule has 2 aromatic carbocycles. The SMILES string of the molecule is NS(=O)(=O)c1ccc(Oc2cccc3ncccc23)cc1. The molecule has 0 aliphatic rings. The van der Waals surface area contributed by atoms with Gasteiger partial charge in [0.2, 0.25) is 10.0 Å². The first-order chi connectivity index (χ1) is 10.0. The molecular formula is C15H12N2O3S. The fourth-order valence-corrected chi connectivity index (χ4v) is 2.50. The highest BCUT2D eigenvalue weighted by molar-refractivity contribution is 7.89. The number of benzene rings is 2. The van der Waals surface area contributed by atoms with Gasteiger partial charge >= 0.3 is 0 Å². The highest BCUT2D eigenvalue weighted by Gasteiger charge is 2.08. The molecule has 0 saturated carbocycles. The molecule has 0 saturated heterocycles. The number of nitrogens with zero attached hydrogens (tertiary/aromatic N) is 1. The Kier molecular flexibility index (Phi) is 3.32. The molecule has 0 unspecified atom stereocenters. The zero-order chi connectivity index (χ0) is 14.9. The summed E-state index contributed by atoms with van der Waals surface area (Å²) in [5, 5.41) is 5.94. The van der Waals surface area contributed by atoms with E-state index in [1.54, 1.807) is 18.3 Å². The summed E-state index contributed by atoms with van der Waals surface area (Å²) in [5.74, 6) is 1.18. The van der Waals surface area contributed by atoms with E-state index < -0.39 is 10.0 Å². The van der Waals surface area contributed by atoms with E-state index in [4.69, 9.17) is 9.88 Å². The number of fused-ring (bicyclic) bond motifs is 1. The van der Waals surface area contributed by atoms with Gasteiger partial charge in [0.1, 0.15) is 11.5 Å². The van der Waals surface area contributed by atoms with Crippen LogP contribution in [0.5, 0.6) is 11.5 Å². The van der Waals surface area contributed by atoms with Gasteiger partial charge in [-0.15, -0.1) is 0 Å². The molecule has 0 fully saturated rings. The van der Waals surface area contributed by atoms with E-state index in [0.717, 1.165) is 10.9 Å². The summed E-state index contributed by atoms with van der Waals surface area (Å²) >= 11 is 0. The molecule has 21 heavy (non-hydrogen) atoms. The van der Waals surface area contributed by atoms with Crippen molar-refractivity contribution in [3.63, 3.8) is 0 Å². The van der Waals surface area contributed by atoms with E-state index in [1.807, 2.05) is 30.3 Å². The lowest BCUT2D eigenvalue weighted by Gasteiger charge is -2.08. The molecule has 2 N–H and O–H groups in total. The zero-order valence-electron chi connectivity index (χ0n) is 10.9. The van der Waals surface area contributed by atoms with E-state index in [2.05, 4.69) is 4.98 Å². The average Bonchev–Trinajstić information content (AvgIpc) is 2.47. The van der Waals surface area contributed by atoms with Crippen LogP contribution in [0.1, 0.15) is 0 Å². The van der Waals surface area contributed by atoms with Gasteiger partial charge in [-0.25, -0.2) is 13.6 Å². The maximum absolute atomic E-state index is 11.2. The van der Waals surface area contributed by atoms with Crippen LogP contribution in [0.3, 0.4) is 0 Å². The number of pyridine rings is 1. The topological polar surface area (TPSA) is 82.3 Å². The Morgan fingerprint density at radius 2 is 1.71 bits per heavy atom. The molecule has 5 nitrogen and oxygen atoms in total. The van der Waals surface area contributed by atoms with Gasteiger partial charge in [0, 0.05) is 11.6 Å². The maximum Gasteiger partial charge on any atom is 0.238 e. The molecule has 106 valence electrons. The minimum absolute atomic E-state index is 0.0504. The Morgan fingerprint density at radius 1 is 0.952 bits per heavy atom. The quantitative estimate of drug-likeness (QED) is 0.806. The van der Waals surface area contributed by atoms with Crippen LogP contribution < -0.4 is 9.88 Å². The van der Waals surface area contributed by atoms with E-state index in [0.29, 0.717) is 11.5 Å². The highest BCUT2D eigenvalue weighted by Crippen LogP contribution is 2.29. The van der Waals surface area contributed by atoms with Crippen molar-refractivity contribution in [2.75, 3.05) is 0 Å². The first-order valence-corrected chi connectivity index (χ1v) is 7.73. The molecular weight excluding hydrogens is 288 g/mol. The predicted octanol–water partition coefficient (Wildman–Crippen LogP) is 2.67. The van der Waals surface area contributed by atoms with Crippen LogP contribution in [0.2, 0.25) is 0 Å². The third-order valence-corrected chi connectivity index (χ3v) is 3.91. The molecule has 1 heterocycles. The van der Waals surface area contributed by atoms with Gasteiger partial charge in [-0.2, -0.15) is 0 Å². The van der Waals surface area contributed by atoms with Crippen molar-refractivity contribution in [2.45, 2.75) is 4.90 Å². The Labute approximate surface area is 122 Å². The highest BCUT2D eigenvalue weighted by atomic mass is 32.2. The molecule has 6 heteroatoms. The summed E-state index contributed by atoms with van der Waals surface area (Å²) in [6, 6.07) is 15.3. The Morgan fingerprint density at radius 3 is 2.43 bits per heavy atom. The number of hydrogen-bond donors (Lipinski definition) is 1. The lowest BCUT2D eigenvalue weighted by Crippen LogP contribution is -2.11. The van der Waals surface area contributed by atoms with Crippen LogP contribution in [0.25, 0.3) is 10.9 Å². The van der Waals surface area contributed by atoms with Gasteiger partial charge in [0.25, 0.3) is 0 Å². The van der Waals surface area contributed by atoms with Gasteiger partial charge in [-0.3, -0.25) is 4.98 Å². The van der Waals surface area contributed by atoms with Gasteiger partial charge in [0.15, 0.2) is 0 Å². The fraction of sp³-hybridized carbons (Fsp3) is 0. The number of ether oxygens (including phenoxy) is 1. The number of sulfonamides is 1. The normalized spacial score (nSPS) is 11.5. The number of hydrogen-bond acceptors (Lipinski definition) is 4. The number of nitrogens with two attached hydrogens (primary N) is 1. The number of primary sulfonamides is 1. The van der Waals surface area contributed by atoms with Crippen LogP contribution in [0.4, 0.5) is 0 Å². The van der Waals surface area contributed by atoms with Crippen molar-refractivity contribution < 1.29 is 13.2 Å². The summed E-state index contributed by atoms with van der Waals surface area (Å²) in [6.07, 6.45) is 1.72. The Bertz CT molecular complexity index is 885. The maximum atomic E-state index is 11.2. The largest absolute Gasteiger partial charge is 0.457 e. The smallest absolute Gasteiger partial charge is 0.238 e. The van der Waals surface area contributed by atoms with E-state index in [1.165, 1.54) is 12.1 Å². The van der Waals surface area contributed by atoms with Crippen LogP contribution >= 0.6 is 0 Å². The molecule has 1 aromatic heterocycles. The first-order valence-electron chi connectivity index (χ1n) is 6.18. The molecule has 0 spiro atoms. The third-order valence-electron chi connectivity index (χ3n) is 2.99. The van der Waals surface area contributed by atoms with Crippen LogP contribution in [-0.2, 0) is 10.0 Å². The van der Waals surface area contributed by atoms with Gasteiger partial charge in [-0.1, -0.05) is 6.07 Å². The predicted molar refractivity (Wildman–Crippen MR) is 79.6 cm³/mol. The fourth-order valence-electron chi connectivity index (χ4n) is 1.99. The van der Waals surface area contributed by atoms with Crippen molar-refractivity contribution in [1.82, 2.24) is 4.98 Å². The van der Waals surface area contributed by atoms with Crippen LogP contribution in [-0.4, -0.2) is 13.4 Å². The van der Waals surface area contributed by atoms with Crippen LogP contribution in [0, 0.1) is 0 Å². The molecule has 0 bridgehead atoms. The minimum Gasteiger partial charge on any atom is -0.457 e. The summed E-state index contributed by atoms with van der Waals surface area (Å²) < 4.78 is 28.2. The molecule has 0 radical (unpaired) electrons. The van der Waals surface area contributed by atoms with Crippen molar-refractivity contribution in [3.05, 3.63) is 60.8 Å². The molecule has 3 rings (SSSR count). The minimum atomic E-state index is -3.69. The Hall–Kier alpha value is -2.44. The average molecular weight is 300 g/mol. The van der Waals surface area contributed by atoms with Crippen molar-refractivity contribution in [3.8, 4) is 11.5 Å². The second-order valence-electron chi connectivity index (χ2n) is 4.44. The lowest BCUT2D eigenvalue weighted by molar-refractivity contribution is 0.487. The molecule has 0 aliphatic carbocycles. The Balaban J connectivity index is 1.96. The second-order valence-corrected chi connectivity index (χ2v) is 6.01. The first kappa shape index (κ1) is 13.5. The summed E-state index contributed by atoms with van der Waals surface area (Å²) in [7, 11) is -3.69. The van der Waals surface area contributed by atoms with E-state index in [9.17, 15) is 8.42 Å². The molecule has 3 aromatic rings. The van der Waals surface area contributed by atoms with E-state index in [-0.39, 0.29) is 4.90 Å². The van der Waals surface area contributed by atoms with E-state index >= 15 is 0 Å². The third kappa shape index (κ3) is 2.86. The zero-order valence-corrected chi connectivity index (χ0v) is 11.7. The molecule has 0 amide bonds. The van der Waals surface area contributed by atoms with Gasteiger partial charge < -0.3 is 4.74 Å². The summed E-state index contributed by atoms with van der Waals surface area (Å²) in [5.41, 5.74) is 0.830. The lowest BCUT2D eigenvalue weighted by atomic mass is 10.2. The van der Waals surface area contributed by atoms with Crippen molar-refractivity contribution >= 4 is 20.9 Å². The molecule has 0 aliphatic heterocycles. The number of aromatic nitrogens is 1.